The van der Waals surface area contributed by atoms with Gasteiger partial charge in [0.05, 0.1) is 6.61 Å². The molecule has 1 rings (SSSR count). The molecule has 1 aromatic carbocycles. The molecule has 4 nitrogen and oxygen atoms in total. The maximum Gasteiger partial charge on any atom is 0.332 e. The second-order valence-corrected chi connectivity index (χ2v) is 4.07. The molecule has 0 aromatic heterocycles. The molecule has 0 saturated heterocycles. The van der Waals surface area contributed by atoms with Crippen LogP contribution in [0.15, 0.2) is 28.7 Å². The van der Waals surface area contributed by atoms with Crippen molar-refractivity contribution >= 4 is 21.9 Å². The van der Waals surface area contributed by atoms with E-state index in [0.29, 0.717) is 6.61 Å². The molecule has 0 saturated carbocycles. The molecule has 0 spiro atoms. The standard InChI is InChI=1S/C11H13BrO4/c1-8(11(13)14)15-5-6-16-10-4-2-3-9(12)7-10/h2-4,7-8H,5-6H2,1H3,(H,13,14)/t8-/m0/s1. The molecule has 1 aromatic rings. The lowest BCUT2D eigenvalue weighted by molar-refractivity contribution is -0.149. The Bertz CT molecular complexity index is 354. The number of ether oxygens (including phenoxy) is 2. The molecule has 16 heavy (non-hydrogen) atoms. The van der Waals surface area contributed by atoms with Crippen molar-refractivity contribution in [1.82, 2.24) is 0 Å². The normalized spacial score (nSPS) is 12.1. The summed E-state index contributed by atoms with van der Waals surface area (Å²) in [6.07, 6.45) is -0.800. The van der Waals surface area contributed by atoms with Crippen LogP contribution in [0.1, 0.15) is 6.92 Å². The van der Waals surface area contributed by atoms with Gasteiger partial charge in [-0.05, 0) is 25.1 Å². The fourth-order valence-electron chi connectivity index (χ4n) is 1.01. The molecule has 0 heterocycles. The predicted octanol–water partition coefficient (Wildman–Crippen LogP) is 2.32. The first-order valence-electron chi connectivity index (χ1n) is 4.82. The van der Waals surface area contributed by atoms with Crippen molar-refractivity contribution in [3.63, 3.8) is 0 Å². The van der Waals surface area contributed by atoms with Crippen LogP contribution in [0.2, 0.25) is 0 Å². The van der Waals surface area contributed by atoms with Gasteiger partial charge in [0, 0.05) is 4.47 Å². The lowest BCUT2D eigenvalue weighted by atomic mass is 10.3. The number of benzene rings is 1. The van der Waals surface area contributed by atoms with Gasteiger partial charge in [0.25, 0.3) is 0 Å². The topological polar surface area (TPSA) is 55.8 Å². The molecule has 0 aliphatic carbocycles. The number of carboxylic acids is 1. The van der Waals surface area contributed by atoms with E-state index >= 15 is 0 Å². The SMILES string of the molecule is C[C@H](OCCOc1cccc(Br)c1)C(=O)O. The molecule has 0 bridgehead atoms. The van der Waals surface area contributed by atoms with Gasteiger partial charge in [-0.25, -0.2) is 4.79 Å². The van der Waals surface area contributed by atoms with Crippen molar-refractivity contribution in [3.05, 3.63) is 28.7 Å². The first-order valence-corrected chi connectivity index (χ1v) is 5.61. The van der Waals surface area contributed by atoms with Crippen LogP contribution in [-0.2, 0) is 9.53 Å². The maximum absolute atomic E-state index is 10.4. The van der Waals surface area contributed by atoms with Crippen LogP contribution in [0.5, 0.6) is 5.75 Å². The summed E-state index contributed by atoms with van der Waals surface area (Å²) >= 11 is 3.32. The summed E-state index contributed by atoms with van der Waals surface area (Å²) in [5, 5.41) is 8.56. The highest BCUT2D eigenvalue weighted by atomic mass is 79.9. The van der Waals surface area contributed by atoms with E-state index in [1.165, 1.54) is 6.92 Å². The van der Waals surface area contributed by atoms with Crippen LogP contribution in [0.3, 0.4) is 0 Å². The van der Waals surface area contributed by atoms with Crippen LogP contribution < -0.4 is 4.74 Å². The minimum atomic E-state index is -0.970. The summed E-state index contributed by atoms with van der Waals surface area (Å²) in [6, 6.07) is 7.42. The third kappa shape index (κ3) is 4.63. The van der Waals surface area contributed by atoms with Crippen LogP contribution in [0, 0.1) is 0 Å². The average Bonchev–Trinajstić information content (AvgIpc) is 2.24. The van der Waals surface area contributed by atoms with E-state index in [0.717, 1.165) is 10.2 Å². The van der Waals surface area contributed by atoms with Crippen LogP contribution >= 0.6 is 15.9 Å². The lowest BCUT2D eigenvalue weighted by Crippen LogP contribution is -2.22. The van der Waals surface area contributed by atoms with E-state index in [-0.39, 0.29) is 6.61 Å². The van der Waals surface area contributed by atoms with Gasteiger partial charge >= 0.3 is 5.97 Å². The summed E-state index contributed by atoms with van der Waals surface area (Å²) in [5.41, 5.74) is 0. The van der Waals surface area contributed by atoms with Gasteiger partial charge in [-0.15, -0.1) is 0 Å². The Morgan fingerprint density at radius 3 is 2.88 bits per heavy atom. The van der Waals surface area contributed by atoms with Gasteiger partial charge < -0.3 is 14.6 Å². The largest absolute Gasteiger partial charge is 0.491 e. The summed E-state index contributed by atoms with van der Waals surface area (Å²) in [4.78, 5) is 10.4. The number of carboxylic acid groups (broad SMARTS) is 1. The van der Waals surface area contributed by atoms with E-state index in [9.17, 15) is 4.79 Å². The van der Waals surface area contributed by atoms with Crippen molar-refractivity contribution in [1.29, 1.82) is 0 Å². The minimum absolute atomic E-state index is 0.250. The fourth-order valence-corrected chi connectivity index (χ4v) is 1.39. The molecular formula is C11H13BrO4. The molecule has 0 unspecified atom stereocenters. The van der Waals surface area contributed by atoms with Gasteiger partial charge in [0.2, 0.25) is 0 Å². The monoisotopic (exact) mass is 288 g/mol. The van der Waals surface area contributed by atoms with Crippen molar-refractivity contribution in [2.45, 2.75) is 13.0 Å². The molecule has 0 radical (unpaired) electrons. The molecular weight excluding hydrogens is 276 g/mol. The smallest absolute Gasteiger partial charge is 0.332 e. The van der Waals surface area contributed by atoms with Gasteiger partial charge in [0.1, 0.15) is 12.4 Å². The quantitative estimate of drug-likeness (QED) is 0.816. The highest BCUT2D eigenvalue weighted by Gasteiger charge is 2.09. The van der Waals surface area contributed by atoms with Crippen LogP contribution in [0.4, 0.5) is 0 Å². The van der Waals surface area contributed by atoms with Crippen molar-refractivity contribution < 1.29 is 19.4 Å². The van der Waals surface area contributed by atoms with E-state index in [1.54, 1.807) is 0 Å². The molecule has 0 amide bonds. The molecule has 0 aliphatic heterocycles. The zero-order valence-corrected chi connectivity index (χ0v) is 10.4. The summed E-state index contributed by atoms with van der Waals surface area (Å²) < 4.78 is 11.3. The van der Waals surface area contributed by atoms with E-state index in [4.69, 9.17) is 14.6 Å². The number of rotatable bonds is 6. The Hall–Kier alpha value is -1.07. The molecule has 0 fully saturated rings. The predicted molar refractivity (Wildman–Crippen MR) is 62.7 cm³/mol. The molecule has 88 valence electrons. The summed E-state index contributed by atoms with van der Waals surface area (Å²) in [7, 11) is 0. The Kier molecular flexibility index (Phi) is 5.28. The zero-order valence-electron chi connectivity index (χ0n) is 8.85. The van der Waals surface area contributed by atoms with Crippen molar-refractivity contribution in [3.8, 4) is 5.75 Å². The van der Waals surface area contributed by atoms with Crippen molar-refractivity contribution in [2.24, 2.45) is 0 Å². The number of halogens is 1. The average molecular weight is 289 g/mol. The Balaban J connectivity index is 2.23. The number of aliphatic carboxylic acids is 1. The van der Waals surface area contributed by atoms with Crippen molar-refractivity contribution in [2.75, 3.05) is 13.2 Å². The van der Waals surface area contributed by atoms with Gasteiger partial charge in [-0.2, -0.15) is 0 Å². The first kappa shape index (κ1) is 13.0. The highest BCUT2D eigenvalue weighted by molar-refractivity contribution is 9.10. The first-order chi connectivity index (χ1) is 7.59. The number of hydrogen-bond donors (Lipinski definition) is 1. The maximum atomic E-state index is 10.4. The zero-order chi connectivity index (χ0) is 12.0. The molecule has 0 aliphatic rings. The Morgan fingerprint density at radius 2 is 2.25 bits per heavy atom. The summed E-state index contributed by atoms with van der Waals surface area (Å²) in [6.45, 7) is 2.06. The Morgan fingerprint density at radius 1 is 1.50 bits per heavy atom. The minimum Gasteiger partial charge on any atom is -0.491 e. The summed E-state index contributed by atoms with van der Waals surface area (Å²) in [5.74, 6) is -0.247. The fraction of sp³-hybridized carbons (Fsp3) is 0.364. The molecule has 1 atom stereocenters. The third-order valence-electron chi connectivity index (χ3n) is 1.86. The second-order valence-electron chi connectivity index (χ2n) is 3.16. The van der Waals surface area contributed by atoms with Gasteiger partial charge in [0.15, 0.2) is 6.10 Å². The lowest BCUT2D eigenvalue weighted by Gasteiger charge is -2.09. The number of carbonyl (C=O) groups is 1. The third-order valence-corrected chi connectivity index (χ3v) is 2.36. The highest BCUT2D eigenvalue weighted by Crippen LogP contribution is 2.17. The van der Waals surface area contributed by atoms with E-state index in [1.807, 2.05) is 24.3 Å². The van der Waals surface area contributed by atoms with Gasteiger partial charge in [-0.1, -0.05) is 22.0 Å². The van der Waals surface area contributed by atoms with E-state index in [2.05, 4.69) is 15.9 Å². The molecule has 1 N–H and O–H groups in total. The van der Waals surface area contributed by atoms with Crippen LogP contribution in [-0.4, -0.2) is 30.4 Å². The van der Waals surface area contributed by atoms with Gasteiger partial charge in [-0.3, -0.25) is 0 Å². The Labute approximate surface area is 102 Å². The number of hydrogen-bond acceptors (Lipinski definition) is 3. The molecule has 5 heteroatoms. The van der Waals surface area contributed by atoms with Crippen LogP contribution in [0.25, 0.3) is 0 Å². The van der Waals surface area contributed by atoms with E-state index < -0.39 is 12.1 Å². The second kappa shape index (κ2) is 6.50.